The molecule has 0 unspecified atom stereocenters. The SMILES string of the molecule is Cc1c(N(C)CS(=O)(=O)O)c(=O)n(-c2ccccc2)n1C.Cn1cnc2c1c(=O)[nH]c(=O)n2C.O.[Na]. The summed E-state index contributed by atoms with van der Waals surface area (Å²) in [6.45, 7) is 1.72. The molecule has 0 atom stereocenters. The minimum atomic E-state index is -4.20. The third-order valence-electron chi connectivity index (χ3n) is 5.24. The van der Waals surface area contributed by atoms with E-state index in [0.717, 1.165) is 0 Å². The molecular weight excluding hydrogens is 505 g/mol. The molecule has 0 spiro atoms. The average Bonchev–Trinajstić information content (AvgIpc) is 3.24. The number of hydrogen-bond acceptors (Lipinski definition) is 7. The number of para-hydroxylation sites is 1. The molecule has 1 radical (unpaired) electrons. The van der Waals surface area contributed by atoms with E-state index in [0.29, 0.717) is 22.5 Å². The van der Waals surface area contributed by atoms with E-state index < -0.39 is 27.2 Å². The van der Waals surface area contributed by atoms with Gasteiger partial charge in [-0.25, -0.2) is 14.5 Å². The summed E-state index contributed by atoms with van der Waals surface area (Å²) < 4.78 is 36.9. The van der Waals surface area contributed by atoms with E-state index in [1.54, 1.807) is 49.4 Å². The van der Waals surface area contributed by atoms with Crippen LogP contribution in [-0.2, 0) is 31.3 Å². The van der Waals surface area contributed by atoms with Crippen molar-refractivity contribution in [3.63, 3.8) is 0 Å². The zero-order valence-corrected chi connectivity index (χ0v) is 23.6. The van der Waals surface area contributed by atoms with Crippen LogP contribution in [0.5, 0.6) is 0 Å². The summed E-state index contributed by atoms with van der Waals surface area (Å²) in [6.07, 6.45) is 1.50. The molecule has 0 bridgehead atoms. The predicted octanol–water partition coefficient (Wildman–Crippen LogP) is -1.48. The largest absolute Gasteiger partial charge is 0.412 e. The molecule has 0 saturated carbocycles. The van der Waals surface area contributed by atoms with E-state index >= 15 is 0 Å². The molecule has 191 valence electrons. The Labute approximate surface area is 227 Å². The molecular formula is C20H27N7NaO7S. The van der Waals surface area contributed by atoms with E-state index in [-0.39, 0.29) is 46.3 Å². The van der Waals surface area contributed by atoms with Crippen LogP contribution in [0.3, 0.4) is 0 Å². The second kappa shape index (κ2) is 11.9. The molecule has 0 aliphatic heterocycles. The molecule has 0 amide bonds. The molecule has 4 aromatic rings. The molecule has 16 heteroatoms. The monoisotopic (exact) mass is 532 g/mol. The van der Waals surface area contributed by atoms with Crippen molar-refractivity contribution in [2.75, 3.05) is 17.8 Å². The van der Waals surface area contributed by atoms with Crippen LogP contribution in [0.4, 0.5) is 5.69 Å². The van der Waals surface area contributed by atoms with Gasteiger partial charge in [-0.3, -0.25) is 28.4 Å². The number of aromatic amines is 1. The number of nitrogens with zero attached hydrogens (tertiary/aromatic N) is 6. The first kappa shape index (κ1) is 31.1. The van der Waals surface area contributed by atoms with Crippen molar-refractivity contribution in [3.05, 3.63) is 73.5 Å². The van der Waals surface area contributed by atoms with Crippen molar-refractivity contribution < 1.29 is 18.4 Å². The summed E-state index contributed by atoms with van der Waals surface area (Å²) in [7, 11) is 2.23. The Balaban J connectivity index is 0.000000374. The van der Waals surface area contributed by atoms with E-state index in [9.17, 15) is 22.8 Å². The molecule has 36 heavy (non-hydrogen) atoms. The minimum Gasteiger partial charge on any atom is -0.412 e. The van der Waals surface area contributed by atoms with E-state index in [1.165, 1.54) is 27.5 Å². The number of imidazole rings is 1. The zero-order valence-electron chi connectivity index (χ0n) is 20.8. The summed E-state index contributed by atoms with van der Waals surface area (Å²) in [5.74, 6) is -0.637. The summed E-state index contributed by atoms with van der Waals surface area (Å²) in [5, 5.41) is 0. The van der Waals surface area contributed by atoms with Crippen molar-refractivity contribution in [1.82, 2.24) is 28.5 Å². The number of H-pyrrole nitrogens is 1. The van der Waals surface area contributed by atoms with Gasteiger partial charge in [0, 0.05) is 57.7 Å². The van der Waals surface area contributed by atoms with Gasteiger partial charge < -0.3 is 14.9 Å². The van der Waals surface area contributed by atoms with Gasteiger partial charge in [-0.15, -0.1) is 0 Å². The molecule has 0 fully saturated rings. The van der Waals surface area contributed by atoms with Crippen LogP contribution in [0.2, 0.25) is 0 Å². The average molecular weight is 533 g/mol. The predicted molar refractivity (Wildman–Crippen MR) is 137 cm³/mol. The van der Waals surface area contributed by atoms with Gasteiger partial charge in [0.1, 0.15) is 11.6 Å². The standard InChI is InChI=1S/C13H17N3O4S.C7H8N4O2.Na.H2O/c1-10-12(14(2)9-21(18,19)20)13(17)16(15(10)3)11-7-5-4-6-8-11;1-10-3-8-5-4(10)6(12)9-7(13)11(5)2;;/h4-8H,9H2,1-3H3,(H,18,19,20);3H,1-2H3,(H,9,12,13);;1H2. The van der Waals surface area contributed by atoms with Gasteiger partial charge in [-0.05, 0) is 19.1 Å². The van der Waals surface area contributed by atoms with Gasteiger partial charge in [0.2, 0.25) is 0 Å². The molecule has 1 aromatic carbocycles. The van der Waals surface area contributed by atoms with Crippen LogP contribution in [0.25, 0.3) is 16.9 Å². The second-order valence-electron chi connectivity index (χ2n) is 7.67. The maximum atomic E-state index is 12.6. The molecule has 4 N–H and O–H groups in total. The molecule has 0 aliphatic carbocycles. The Kier molecular flexibility index (Phi) is 10.2. The number of nitrogens with one attached hydrogen (secondary N) is 1. The maximum absolute atomic E-state index is 12.6. The number of aromatic nitrogens is 6. The van der Waals surface area contributed by atoms with Gasteiger partial charge in [-0.2, -0.15) is 8.42 Å². The van der Waals surface area contributed by atoms with Gasteiger partial charge >= 0.3 is 5.69 Å². The van der Waals surface area contributed by atoms with Crippen LogP contribution in [0.1, 0.15) is 5.69 Å². The fourth-order valence-corrected chi connectivity index (χ4v) is 4.18. The van der Waals surface area contributed by atoms with Gasteiger partial charge in [0.25, 0.3) is 21.2 Å². The van der Waals surface area contributed by atoms with Gasteiger partial charge in [0.05, 0.1) is 17.7 Å². The van der Waals surface area contributed by atoms with E-state index in [4.69, 9.17) is 4.55 Å². The molecule has 0 saturated heterocycles. The smallest absolute Gasteiger partial charge is 0.329 e. The van der Waals surface area contributed by atoms with Crippen molar-refractivity contribution >= 4 is 56.5 Å². The third kappa shape index (κ3) is 6.24. The van der Waals surface area contributed by atoms with Gasteiger partial charge in [-0.1, -0.05) is 18.2 Å². The number of rotatable bonds is 4. The second-order valence-corrected chi connectivity index (χ2v) is 9.09. The van der Waals surface area contributed by atoms with Crippen molar-refractivity contribution in [1.29, 1.82) is 0 Å². The first-order valence-electron chi connectivity index (χ1n) is 9.94. The van der Waals surface area contributed by atoms with E-state index in [1.807, 2.05) is 18.2 Å². The van der Waals surface area contributed by atoms with Crippen LogP contribution in [0.15, 0.2) is 51.0 Å². The number of fused-ring (bicyclic) bond motifs is 1. The Bertz CT molecular complexity index is 1630. The van der Waals surface area contributed by atoms with Crippen LogP contribution >= 0.6 is 0 Å². The quantitative estimate of drug-likeness (QED) is 0.235. The number of anilines is 1. The van der Waals surface area contributed by atoms with Crippen molar-refractivity contribution in [3.8, 4) is 5.69 Å². The fraction of sp³-hybridized carbons (Fsp3) is 0.300. The normalized spacial score (nSPS) is 10.7. The summed E-state index contributed by atoms with van der Waals surface area (Å²) in [6, 6.07) is 9.04. The summed E-state index contributed by atoms with van der Waals surface area (Å²) >= 11 is 0. The Morgan fingerprint density at radius 1 is 1.08 bits per heavy atom. The summed E-state index contributed by atoms with van der Waals surface area (Å²) in [4.78, 5) is 42.4. The molecule has 4 rings (SSSR count). The first-order valence-corrected chi connectivity index (χ1v) is 11.5. The molecule has 3 aromatic heterocycles. The Hall–Kier alpha value is -2.95. The van der Waals surface area contributed by atoms with Gasteiger partial charge in [0.15, 0.2) is 11.2 Å². The molecule has 3 heterocycles. The van der Waals surface area contributed by atoms with Crippen LogP contribution < -0.4 is 21.7 Å². The minimum absolute atomic E-state index is 0. The number of hydrogen-bond donors (Lipinski definition) is 2. The number of benzene rings is 1. The maximum Gasteiger partial charge on any atom is 0.329 e. The molecule has 14 nitrogen and oxygen atoms in total. The van der Waals surface area contributed by atoms with Crippen molar-refractivity contribution in [2.45, 2.75) is 6.92 Å². The number of aryl methyl sites for hydroxylation is 2. The van der Waals surface area contributed by atoms with Crippen LogP contribution in [-0.4, -0.2) is 89.4 Å². The molecule has 0 aliphatic rings. The fourth-order valence-electron chi connectivity index (χ4n) is 3.56. The first-order chi connectivity index (χ1) is 15.8. The Morgan fingerprint density at radius 3 is 2.22 bits per heavy atom. The van der Waals surface area contributed by atoms with Crippen LogP contribution in [0, 0.1) is 6.92 Å². The Morgan fingerprint density at radius 2 is 1.67 bits per heavy atom. The van der Waals surface area contributed by atoms with E-state index in [2.05, 4.69) is 9.97 Å². The van der Waals surface area contributed by atoms with Crippen molar-refractivity contribution in [2.24, 2.45) is 21.1 Å². The third-order valence-corrected chi connectivity index (χ3v) is 5.95. The summed E-state index contributed by atoms with van der Waals surface area (Å²) in [5.41, 5.74) is 1.13. The topological polar surface area (TPSA) is 189 Å². The zero-order chi connectivity index (χ0) is 25.4.